The van der Waals surface area contributed by atoms with E-state index in [1.165, 1.54) is 11.1 Å². The molecule has 2 aromatic carbocycles. The van der Waals surface area contributed by atoms with Gasteiger partial charge in [0.25, 0.3) is 0 Å². The van der Waals surface area contributed by atoms with Crippen molar-refractivity contribution in [2.45, 2.75) is 26.5 Å². The summed E-state index contributed by atoms with van der Waals surface area (Å²) in [6.45, 7) is 4.77. The molecule has 0 spiro atoms. The predicted molar refractivity (Wildman–Crippen MR) is 113 cm³/mol. The highest BCUT2D eigenvalue weighted by atomic mass is 35.5. The Morgan fingerprint density at radius 3 is 2.64 bits per heavy atom. The van der Waals surface area contributed by atoms with Crippen molar-refractivity contribution in [1.29, 1.82) is 0 Å². The van der Waals surface area contributed by atoms with E-state index in [2.05, 4.69) is 29.4 Å². The fourth-order valence-corrected chi connectivity index (χ4v) is 2.98. The third kappa shape index (κ3) is 6.25. The van der Waals surface area contributed by atoms with E-state index in [9.17, 15) is 0 Å². The van der Waals surface area contributed by atoms with Crippen molar-refractivity contribution < 1.29 is 9.47 Å². The first-order valence-electron chi connectivity index (χ1n) is 9.42. The third-order valence-corrected chi connectivity index (χ3v) is 4.60. The summed E-state index contributed by atoms with van der Waals surface area (Å²) in [6, 6.07) is 19.6. The number of halogens is 1. The molecule has 1 N–H and O–H groups in total. The Bertz CT molecular complexity index is 871. The monoisotopic (exact) mass is 396 g/mol. The maximum Gasteiger partial charge on any atom is 0.213 e. The molecule has 1 heterocycles. The van der Waals surface area contributed by atoms with E-state index >= 15 is 0 Å². The molecule has 0 atom stereocenters. The summed E-state index contributed by atoms with van der Waals surface area (Å²) in [5.41, 5.74) is 3.46. The molecule has 1 aromatic heterocycles. The van der Waals surface area contributed by atoms with Crippen LogP contribution in [0.3, 0.4) is 0 Å². The number of hydrogen-bond donors (Lipinski definition) is 1. The van der Waals surface area contributed by atoms with E-state index in [1.807, 2.05) is 48.5 Å². The number of hydrogen-bond acceptors (Lipinski definition) is 4. The molecule has 0 aliphatic carbocycles. The number of nitrogens with zero attached hydrogens (tertiary/aromatic N) is 1. The van der Waals surface area contributed by atoms with E-state index in [4.69, 9.17) is 21.1 Å². The summed E-state index contributed by atoms with van der Waals surface area (Å²) < 4.78 is 11.7. The van der Waals surface area contributed by atoms with Crippen molar-refractivity contribution in [2.75, 3.05) is 13.2 Å². The van der Waals surface area contributed by atoms with Gasteiger partial charge in [-0.05, 0) is 55.3 Å². The van der Waals surface area contributed by atoms with Gasteiger partial charge in [0.05, 0.1) is 6.61 Å². The highest BCUT2D eigenvalue weighted by molar-refractivity contribution is 6.30. The van der Waals surface area contributed by atoms with Gasteiger partial charge in [0.15, 0.2) is 0 Å². The minimum absolute atomic E-state index is 0.541. The molecule has 0 radical (unpaired) electrons. The molecule has 146 valence electrons. The Morgan fingerprint density at radius 1 is 0.964 bits per heavy atom. The molecule has 0 fully saturated rings. The Hall–Kier alpha value is -2.56. The number of pyridine rings is 1. The maximum absolute atomic E-state index is 6.18. The van der Waals surface area contributed by atoms with Crippen LogP contribution in [0.15, 0.2) is 66.9 Å². The predicted octanol–water partition coefficient (Wildman–Crippen LogP) is 5.18. The van der Waals surface area contributed by atoms with Crippen molar-refractivity contribution in [3.63, 3.8) is 0 Å². The van der Waals surface area contributed by atoms with Gasteiger partial charge < -0.3 is 14.8 Å². The highest BCUT2D eigenvalue weighted by Gasteiger charge is 2.06. The topological polar surface area (TPSA) is 43.4 Å². The SMILES string of the molecule is Cc1ccccc1COc1ccc(Cl)cc1CNCCCOc1ccccn1. The van der Waals surface area contributed by atoms with E-state index in [0.29, 0.717) is 30.7 Å². The van der Waals surface area contributed by atoms with Gasteiger partial charge in [-0.15, -0.1) is 0 Å². The summed E-state index contributed by atoms with van der Waals surface area (Å²) >= 11 is 6.18. The minimum atomic E-state index is 0.541. The summed E-state index contributed by atoms with van der Waals surface area (Å²) in [6.07, 6.45) is 2.61. The molecule has 5 heteroatoms. The number of benzene rings is 2. The minimum Gasteiger partial charge on any atom is -0.489 e. The van der Waals surface area contributed by atoms with Crippen LogP contribution in [0.25, 0.3) is 0 Å². The first-order valence-corrected chi connectivity index (χ1v) is 9.80. The quantitative estimate of drug-likeness (QED) is 0.479. The number of aromatic nitrogens is 1. The van der Waals surface area contributed by atoms with Crippen molar-refractivity contribution >= 4 is 11.6 Å². The molecule has 0 unspecified atom stereocenters. The molecular weight excluding hydrogens is 372 g/mol. The maximum atomic E-state index is 6.18. The van der Waals surface area contributed by atoms with Gasteiger partial charge in [-0.2, -0.15) is 0 Å². The fourth-order valence-electron chi connectivity index (χ4n) is 2.78. The van der Waals surface area contributed by atoms with Crippen LogP contribution >= 0.6 is 11.6 Å². The number of aryl methyl sites for hydroxylation is 1. The van der Waals surface area contributed by atoms with Crippen LogP contribution in [0, 0.1) is 6.92 Å². The van der Waals surface area contributed by atoms with Gasteiger partial charge in [0.1, 0.15) is 12.4 Å². The van der Waals surface area contributed by atoms with Gasteiger partial charge in [-0.3, -0.25) is 0 Å². The Kier molecular flexibility index (Phi) is 7.71. The van der Waals surface area contributed by atoms with Crippen LogP contribution in [0.1, 0.15) is 23.1 Å². The van der Waals surface area contributed by atoms with Crippen molar-refractivity contribution in [1.82, 2.24) is 10.3 Å². The molecule has 3 aromatic rings. The molecule has 0 bridgehead atoms. The van der Waals surface area contributed by atoms with Crippen molar-refractivity contribution in [3.8, 4) is 11.6 Å². The van der Waals surface area contributed by atoms with Gasteiger partial charge >= 0.3 is 0 Å². The first kappa shape index (κ1) is 20.2. The van der Waals surface area contributed by atoms with Gasteiger partial charge in [-0.1, -0.05) is 41.9 Å². The molecule has 3 rings (SSSR count). The standard InChI is InChI=1S/C23H25ClN2O2/c1-18-7-2-3-8-19(18)17-28-22-11-10-21(24)15-20(22)16-25-12-6-14-27-23-9-4-5-13-26-23/h2-5,7-11,13,15,25H,6,12,14,16-17H2,1H3. The van der Waals surface area contributed by atoms with E-state index in [0.717, 1.165) is 24.3 Å². The van der Waals surface area contributed by atoms with Crippen LogP contribution < -0.4 is 14.8 Å². The molecule has 0 saturated heterocycles. The zero-order valence-electron chi connectivity index (χ0n) is 16.0. The van der Waals surface area contributed by atoms with Crippen LogP contribution in [-0.4, -0.2) is 18.1 Å². The average molecular weight is 397 g/mol. The van der Waals surface area contributed by atoms with Crippen LogP contribution in [0.4, 0.5) is 0 Å². The molecule has 28 heavy (non-hydrogen) atoms. The van der Waals surface area contributed by atoms with E-state index in [-0.39, 0.29) is 0 Å². The molecular formula is C23H25ClN2O2. The zero-order chi connectivity index (χ0) is 19.6. The lowest BCUT2D eigenvalue weighted by atomic mass is 10.1. The van der Waals surface area contributed by atoms with Gasteiger partial charge in [0.2, 0.25) is 5.88 Å². The Labute approximate surface area is 171 Å². The highest BCUT2D eigenvalue weighted by Crippen LogP contribution is 2.24. The normalized spacial score (nSPS) is 10.6. The Morgan fingerprint density at radius 2 is 1.82 bits per heavy atom. The first-order chi connectivity index (χ1) is 13.7. The lowest BCUT2D eigenvalue weighted by Crippen LogP contribution is -2.17. The summed E-state index contributed by atoms with van der Waals surface area (Å²) in [5.74, 6) is 1.51. The molecule has 0 aliphatic rings. The second-order valence-corrected chi connectivity index (χ2v) is 6.95. The third-order valence-electron chi connectivity index (χ3n) is 4.37. The summed E-state index contributed by atoms with van der Waals surface area (Å²) in [7, 11) is 0. The van der Waals surface area contributed by atoms with E-state index < -0.39 is 0 Å². The molecule has 0 aliphatic heterocycles. The molecule has 0 saturated carbocycles. The second-order valence-electron chi connectivity index (χ2n) is 6.51. The van der Waals surface area contributed by atoms with Gasteiger partial charge in [0, 0.05) is 29.4 Å². The fraction of sp³-hybridized carbons (Fsp3) is 0.261. The largest absolute Gasteiger partial charge is 0.489 e. The van der Waals surface area contributed by atoms with Gasteiger partial charge in [-0.25, -0.2) is 4.98 Å². The van der Waals surface area contributed by atoms with Crippen molar-refractivity contribution in [3.05, 3.63) is 88.6 Å². The number of nitrogens with one attached hydrogen (secondary N) is 1. The van der Waals surface area contributed by atoms with Crippen molar-refractivity contribution in [2.24, 2.45) is 0 Å². The summed E-state index contributed by atoms with van der Waals surface area (Å²) in [4.78, 5) is 4.14. The summed E-state index contributed by atoms with van der Waals surface area (Å²) in [5, 5.41) is 4.13. The lowest BCUT2D eigenvalue weighted by Gasteiger charge is -2.14. The Balaban J connectivity index is 1.46. The zero-order valence-corrected chi connectivity index (χ0v) is 16.8. The molecule has 0 amide bonds. The number of rotatable bonds is 10. The van der Waals surface area contributed by atoms with Crippen LogP contribution in [-0.2, 0) is 13.2 Å². The van der Waals surface area contributed by atoms with Crippen LogP contribution in [0.2, 0.25) is 5.02 Å². The average Bonchev–Trinajstić information content (AvgIpc) is 2.72. The van der Waals surface area contributed by atoms with E-state index in [1.54, 1.807) is 6.20 Å². The lowest BCUT2D eigenvalue weighted by molar-refractivity contribution is 0.294. The number of ether oxygens (including phenoxy) is 2. The van der Waals surface area contributed by atoms with Crippen LogP contribution in [0.5, 0.6) is 11.6 Å². The second kappa shape index (κ2) is 10.7. The molecule has 4 nitrogen and oxygen atoms in total. The smallest absolute Gasteiger partial charge is 0.213 e.